The molecule has 0 unspecified atom stereocenters. The first-order valence-electron chi connectivity index (χ1n) is 9.35. The number of hydrogen-bond donors (Lipinski definition) is 2. The van der Waals surface area contributed by atoms with Crippen molar-refractivity contribution in [2.75, 3.05) is 14.2 Å². The van der Waals surface area contributed by atoms with Gasteiger partial charge < -0.3 is 20.1 Å². The number of ether oxygens (including phenoxy) is 2. The van der Waals surface area contributed by atoms with Gasteiger partial charge in [0.25, 0.3) is 0 Å². The van der Waals surface area contributed by atoms with Crippen molar-refractivity contribution < 1.29 is 23.9 Å². The van der Waals surface area contributed by atoms with Crippen molar-refractivity contribution in [2.24, 2.45) is 0 Å². The van der Waals surface area contributed by atoms with Gasteiger partial charge in [0.15, 0.2) is 0 Å². The quantitative estimate of drug-likeness (QED) is 0.593. The Balaban J connectivity index is 2.17. The SMILES string of the molecule is COC(=O)[C@H](Cc1ccc(OC)c(Cl)c1)NC(=O)[C@@H](Cc1ccccc1)NC(C)=O. The number of carbonyl (C=O) groups excluding carboxylic acids is 3. The summed E-state index contributed by atoms with van der Waals surface area (Å²) in [7, 11) is 2.75. The fourth-order valence-corrected chi connectivity index (χ4v) is 3.27. The molecule has 2 N–H and O–H groups in total. The van der Waals surface area contributed by atoms with E-state index >= 15 is 0 Å². The van der Waals surface area contributed by atoms with Gasteiger partial charge in [0, 0.05) is 19.8 Å². The van der Waals surface area contributed by atoms with Crippen molar-refractivity contribution in [3.8, 4) is 5.75 Å². The minimum Gasteiger partial charge on any atom is -0.495 e. The first-order chi connectivity index (χ1) is 14.3. The molecule has 2 rings (SSSR count). The highest BCUT2D eigenvalue weighted by Gasteiger charge is 2.27. The molecule has 0 saturated heterocycles. The number of methoxy groups -OCH3 is 2. The summed E-state index contributed by atoms with van der Waals surface area (Å²) in [4.78, 5) is 36.8. The van der Waals surface area contributed by atoms with E-state index in [2.05, 4.69) is 10.6 Å². The van der Waals surface area contributed by atoms with Gasteiger partial charge in [-0.15, -0.1) is 0 Å². The molecule has 0 saturated carbocycles. The molecule has 160 valence electrons. The maximum atomic E-state index is 12.9. The summed E-state index contributed by atoms with van der Waals surface area (Å²) in [5, 5.41) is 5.72. The first kappa shape index (κ1) is 23.2. The van der Waals surface area contributed by atoms with Crippen LogP contribution in [-0.2, 0) is 32.0 Å². The number of rotatable bonds is 9. The second kappa shape index (κ2) is 11.2. The van der Waals surface area contributed by atoms with E-state index in [-0.39, 0.29) is 18.7 Å². The summed E-state index contributed by atoms with van der Waals surface area (Å²) < 4.78 is 9.97. The highest BCUT2D eigenvalue weighted by molar-refractivity contribution is 6.32. The normalized spacial score (nSPS) is 12.4. The summed E-state index contributed by atoms with van der Waals surface area (Å²) in [6.45, 7) is 1.34. The van der Waals surface area contributed by atoms with Crippen LogP contribution in [0.2, 0.25) is 5.02 Å². The Labute approximate surface area is 180 Å². The predicted molar refractivity (Wildman–Crippen MR) is 113 cm³/mol. The molecule has 0 aliphatic heterocycles. The van der Waals surface area contributed by atoms with E-state index < -0.39 is 24.0 Å². The first-order valence-corrected chi connectivity index (χ1v) is 9.73. The largest absolute Gasteiger partial charge is 0.495 e. The van der Waals surface area contributed by atoms with Crippen molar-refractivity contribution in [1.82, 2.24) is 10.6 Å². The Bertz CT molecular complexity index is 888. The zero-order valence-corrected chi connectivity index (χ0v) is 17.9. The molecule has 8 heteroatoms. The van der Waals surface area contributed by atoms with Gasteiger partial charge >= 0.3 is 5.97 Å². The summed E-state index contributed by atoms with van der Waals surface area (Å²) in [6, 6.07) is 12.6. The van der Waals surface area contributed by atoms with Gasteiger partial charge in [-0.1, -0.05) is 48.0 Å². The predicted octanol–water partition coefficient (Wildman–Crippen LogP) is 2.30. The number of esters is 1. The van der Waals surface area contributed by atoms with Crippen molar-refractivity contribution in [3.63, 3.8) is 0 Å². The maximum Gasteiger partial charge on any atom is 0.328 e. The highest BCUT2D eigenvalue weighted by atomic mass is 35.5. The number of carbonyl (C=O) groups is 3. The zero-order chi connectivity index (χ0) is 22.1. The Kier molecular flexibility index (Phi) is 8.68. The minimum atomic E-state index is -0.945. The van der Waals surface area contributed by atoms with Gasteiger partial charge in [0.05, 0.1) is 19.2 Å². The second-order valence-corrected chi connectivity index (χ2v) is 7.11. The van der Waals surface area contributed by atoms with Crippen molar-refractivity contribution in [1.29, 1.82) is 0 Å². The molecule has 0 aliphatic rings. The van der Waals surface area contributed by atoms with Gasteiger partial charge in [-0.2, -0.15) is 0 Å². The Hall–Kier alpha value is -3.06. The molecule has 2 aromatic carbocycles. The topological polar surface area (TPSA) is 93.7 Å². The lowest BCUT2D eigenvalue weighted by atomic mass is 10.0. The summed E-state index contributed by atoms with van der Waals surface area (Å²) in [5.74, 6) is -0.920. The van der Waals surface area contributed by atoms with E-state index in [0.29, 0.717) is 10.8 Å². The third-order valence-electron chi connectivity index (χ3n) is 4.43. The number of amides is 2. The molecular formula is C22H25ClN2O5. The van der Waals surface area contributed by atoms with E-state index in [1.54, 1.807) is 18.2 Å². The lowest BCUT2D eigenvalue weighted by Crippen LogP contribution is -2.53. The van der Waals surface area contributed by atoms with Crippen LogP contribution in [0.4, 0.5) is 0 Å². The fraction of sp³-hybridized carbons (Fsp3) is 0.318. The molecule has 2 atom stereocenters. The van der Waals surface area contributed by atoms with Crippen LogP contribution >= 0.6 is 11.6 Å². The molecule has 30 heavy (non-hydrogen) atoms. The maximum absolute atomic E-state index is 12.9. The average molecular weight is 433 g/mol. The summed E-state index contributed by atoms with van der Waals surface area (Å²) >= 11 is 6.15. The third kappa shape index (κ3) is 6.77. The van der Waals surface area contributed by atoms with Crippen LogP contribution in [-0.4, -0.2) is 44.1 Å². The summed E-state index contributed by atoms with van der Waals surface area (Å²) in [6.07, 6.45) is 0.453. The van der Waals surface area contributed by atoms with E-state index in [1.165, 1.54) is 21.1 Å². The smallest absolute Gasteiger partial charge is 0.328 e. The van der Waals surface area contributed by atoms with Gasteiger partial charge in [0.1, 0.15) is 17.8 Å². The van der Waals surface area contributed by atoms with E-state index in [1.807, 2.05) is 30.3 Å². The van der Waals surface area contributed by atoms with Crippen LogP contribution < -0.4 is 15.4 Å². The number of nitrogens with one attached hydrogen (secondary N) is 2. The third-order valence-corrected chi connectivity index (χ3v) is 4.73. The van der Waals surface area contributed by atoms with Gasteiger partial charge in [0.2, 0.25) is 11.8 Å². The molecule has 0 aliphatic carbocycles. The van der Waals surface area contributed by atoms with Gasteiger partial charge in [-0.25, -0.2) is 4.79 Å². The molecule has 2 amide bonds. The molecule has 0 heterocycles. The van der Waals surface area contributed by atoms with E-state index in [9.17, 15) is 14.4 Å². The highest BCUT2D eigenvalue weighted by Crippen LogP contribution is 2.25. The van der Waals surface area contributed by atoms with Crippen LogP contribution in [0, 0.1) is 0 Å². The van der Waals surface area contributed by atoms with Gasteiger partial charge in [-0.05, 0) is 23.3 Å². The van der Waals surface area contributed by atoms with Crippen LogP contribution in [0.3, 0.4) is 0 Å². The minimum absolute atomic E-state index is 0.167. The molecule has 7 nitrogen and oxygen atoms in total. The van der Waals surface area contributed by atoms with Gasteiger partial charge in [-0.3, -0.25) is 9.59 Å². The summed E-state index contributed by atoms with van der Waals surface area (Å²) in [5.41, 5.74) is 1.60. The molecular weight excluding hydrogens is 408 g/mol. The molecule has 0 spiro atoms. The molecule has 2 aromatic rings. The standard InChI is InChI=1S/C22H25ClN2O5/c1-14(26)24-18(12-15-7-5-4-6-8-15)21(27)25-19(22(28)30-3)13-16-9-10-20(29-2)17(23)11-16/h4-11,18-19H,12-13H2,1-3H3,(H,24,26)(H,25,27)/t18-,19+/m1/s1. The van der Waals surface area contributed by atoms with Crippen LogP contribution in [0.15, 0.2) is 48.5 Å². The molecule has 0 radical (unpaired) electrons. The van der Waals surface area contributed by atoms with Crippen LogP contribution in [0.25, 0.3) is 0 Å². The Morgan fingerprint density at radius 3 is 2.17 bits per heavy atom. The van der Waals surface area contributed by atoms with Crippen molar-refractivity contribution >= 4 is 29.4 Å². The molecule has 0 fully saturated rings. The molecule has 0 aromatic heterocycles. The number of halogens is 1. The lowest BCUT2D eigenvalue weighted by Gasteiger charge is -2.22. The van der Waals surface area contributed by atoms with Crippen molar-refractivity contribution in [3.05, 3.63) is 64.7 Å². The Morgan fingerprint density at radius 1 is 0.933 bits per heavy atom. The number of benzene rings is 2. The fourth-order valence-electron chi connectivity index (χ4n) is 2.98. The second-order valence-electron chi connectivity index (χ2n) is 6.70. The van der Waals surface area contributed by atoms with Crippen LogP contribution in [0.1, 0.15) is 18.1 Å². The zero-order valence-electron chi connectivity index (χ0n) is 17.1. The monoisotopic (exact) mass is 432 g/mol. The van der Waals surface area contributed by atoms with E-state index in [0.717, 1.165) is 11.1 Å². The number of hydrogen-bond acceptors (Lipinski definition) is 5. The average Bonchev–Trinajstić information content (AvgIpc) is 2.72. The van der Waals surface area contributed by atoms with E-state index in [4.69, 9.17) is 21.1 Å². The lowest BCUT2D eigenvalue weighted by molar-refractivity contribution is -0.145. The van der Waals surface area contributed by atoms with Crippen LogP contribution in [0.5, 0.6) is 5.75 Å². The molecule has 0 bridgehead atoms. The Morgan fingerprint density at radius 2 is 1.60 bits per heavy atom. The van der Waals surface area contributed by atoms with Crippen molar-refractivity contribution in [2.45, 2.75) is 31.8 Å².